The maximum Gasteiger partial charge on any atom is 0.129 e. The fraction of sp³-hybridized carbons (Fsp3) is 0.778. The summed E-state index contributed by atoms with van der Waals surface area (Å²) in [5, 5.41) is 10.1. The Hall–Kier alpha value is -0.920. The number of hydrogen-bond acceptors (Lipinski definition) is 6. The molecule has 6 heteroatoms. The second kappa shape index (κ2) is 9.53. The molecule has 1 aromatic heterocycles. The molecule has 0 spiro atoms. The van der Waals surface area contributed by atoms with Crippen LogP contribution in [0.25, 0.3) is 0 Å². The SMILES string of the molecule is OC(COCc1ccco1)CN1CCC(CN2CCOCC2)CC1. The predicted molar refractivity (Wildman–Crippen MR) is 90.8 cm³/mol. The van der Waals surface area contributed by atoms with Crippen molar-refractivity contribution in [1.29, 1.82) is 0 Å². The van der Waals surface area contributed by atoms with Crippen molar-refractivity contribution in [3.05, 3.63) is 24.2 Å². The van der Waals surface area contributed by atoms with E-state index in [1.54, 1.807) is 6.26 Å². The van der Waals surface area contributed by atoms with Crippen LogP contribution in [0.15, 0.2) is 22.8 Å². The normalized spacial score (nSPS) is 22.7. The molecule has 2 aliphatic rings. The third-order valence-corrected chi connectivity index (χ3v) is 4.93. The number of aliphatic hydroxyl groups is 1. The van der Waals surface area contributed by atoms with Gasteiger partial charge in [-0.2, -0.15) is 0 Å². The highest BCUT2D eigenvalue weighted by Crippen LogP contribution is 2.19. The Bertz CT molecular complexity index is 440. The minimum Gasteiger partial charge on any atom is -0.467 e. The highest BCUT2D eigenvalue weighted by atomic mass is 16.5. The predicted octanol–water partition coefficient (Wildman–Crippen LogP) is 1.20. The third-order valence-electron chi connectivity index (χ3n) is 4.93. The second-order valence-corrected chi connectivity index (χ2v) is 6.91. The van der Waals surface area contributed by atoms with E-state index in [9.17, 15) is 5.11 Å². The molecule has 1 atom stereocenters. The summed E-state index contributed by atoms with van der Waals surface area (Å²) >= 11 is 0. The number of likely N-dealkylation sites (tertiary alicyclic amines) is 1. The summed E-state index contributed by atoms with van der Waals surface area (Å²) in [5.41, 5.74) is 0. The fourth-order valence-corrected chi connectivity index (χ4v) is 3.54. The van der Waals surface area contributed by atoms with Crippen LogP contribution in [-0.2, 0) is 16.1 Å². The van der Waals surface area contributed by atoms with E-state index in [1.165, 1.54) is 19.4 Å². The topological polar surface area (TPSA) is 58.3 Å². The Morgan fingerprint density at radius 3 is 2.67 bits per heavy atom. The maximum atomic E-state index is 10.1. The molecule has 1 unspecified atom stereocenters. The average Bonchev–Trinajstić information content (AvgIpc) is 3.11. The molecule has 136 valence electrons. The van der Waals surface area contributed by atoms with Crippen LogP contribution in [0.5, 0.6) is 0 Å². The number of hydrogen-bond donors (Lipinski definition) is 1. The van der Waals surface area contributed by atoms with Crippen molar-refractivity contribution in [1.82, 2.24) is 9.80 Å². The molecule has 2 fully saturated rings. The first-order valence-corrected chi connectivity index (χ1v) is 9.10. The highest BCUT2D eigenvalue weighted by Gasteiger charge is 2.23. The number of aliphatic hydroxyl groups excluding tert-OH is 1. The molecule has 24 heavy (non-hydrogen) atoms. The van der Waals surface area contributed by atoms with Gasteiger partial charge < -0.3 is 23.9 Å². The van der Waals surface area contributed by atoms with Gasteiger partial charge >= 0.3 is 0 Å². The van der Waals surface area contributed by atoms with Gasteiger partial charge in [-0.1, -0.05) is 0 Å². The molecule has 0 aromatic carbocycles. The molecule has 0 bridgehead atoms. The molecular weight excluding hydrogens is 308 g/mol. The van der Waals surface area contributed by atoms with Crippen LogP contribution in [0, 0.1) is 5.92 Å². The van der Waals surface area contributed by atoms with E-state index in [4.69, 9.17) is 13.9 Å². The minimum atomic E-state index is -0.434. The summed E-state index contributed by atoms with van der Waals surface area (Å²) in [5.74, 6) is 1.58. The van der Waals surface area contributed by atoms with Gasteiger partial charge in [0.2, 0.25) is 0 Å². The van der Waals surface area contributed by atoms with Crippen molar-refractivity contribution in [3.8, 4) is 0 Å². The standard InChI is InChI=1S/C18H30N2O4/c21-17(14-23-15-18-2-1-9-24-18)13-19-5-3-16(4-6-19)12-20-7-10-22-11-8-20/h1-2,9,16-17,21H,3-8,10-15H2. The van der Waals surface area contributed by atoms with Gasteiger partial charge in [0.25, 0.3) is 0 Å². The lowest BCUT2D eigenvalue weighted by Gasteiger charge is -2.36. The van der Waals surface area contributed by atoms with Crippen LogP contribution < -0.4 is 0 Å². The Morgan fingerprint density at radius 1 is 1.17 bits per heavy atom. The number of rotatable bonds is 8. The molecule has 0 saturated carbocycles. The van der Waals surface area contributed by atoms with Crippen molar-refractivity contribution in [2.24, 2.45) is 5.92 Å². The number of morpholine rings is 1. The molecule has 0 amide bonds. The lowest BCUT2D eigenvalue weighted by atomic mass is 9.96. The van der Waals surface area contributed by atoms with Gasteiger partial charge in [0.15, 0.2) is 0 Å². The number of piperidine rings is 1. The first kappa shape index (κ1) is 17.9. The Balaban J connectivity index is 1.27. The summed E-state index contributed by atoms with van der Waals surface area (Å²) in [6.07, 6.45) is 3.64. The molecule has 2 saturated heterocycles. The van der Waals surface area contributed by atoms with E-state index in [1.807, 2.05) is 12.1 Å². The Kier molecular flexibility index (Phi) is 7.11. The number of furan rings is 1. The Morgan fingerprint density at radius 2 is 1.96 bits per heavy atom. The first-order chi connectivity index (χ1) is 11.8. The lowest BCUT2D eigenvalue weighted by Crippen LogP contribution is -2.44. The van der Waals surface area contributed by atoms with E-state index in [0.29, 0.717) is 19.8 Å². The van der Waals surface area contributed by atoms with Crippen LogP contribution in [-0.4, -0.2) is 80.1 Å². The van der Waals surface area contributed by atoms with Crippen molar-refractivity contribution < 1.29 is 19.0 Å². The molecule has 0 aliphatic carbocycles. The lowest BCUT2D eigenvalue weighted by molar-refractivity contribution is -0.00404. The zero-order valence-corrected chi connectivity index (χ0v) is 14.4. The van der Waals surface area contributed by atoms with E-state index >= 15 is 0 Å². The first-order valence-electron chi connectivity index (χ1n) is 9.10. The highest BCUT2D eigenvalue weighted by molar-refractivity contribution is 4.96. The van der Waals surface area contributed by atoms with Crippen LogP contribution in [0.3, 0.4) is 0 Å². The molecule has 3 heterocycles. The van der Waals surface area contributed by atoms with Gasteiger partial charge in [0, 0.05) is 26.2 Å². The van der Waals surface area contributed by atoms with Crippen molar-refractivity contribution in [2.45, 2.75) is 25.6 Å². The van der Waals surface area contributed by atoms with Crippen LogP contribution in [0.4, 0.5) is 0 Å². The van der Waals surface area contributed by atoms with Crippen LogP contribution in [0.2, 0.25) is 0 Å². The molecular formula is C18H30N2O4. The van der Waals surface area contributed by atoms with E-state index < -0.39 is 6.10 Å². The number of nitrogens with zero attached hydrogens (tertiary/aromatic N) is 2. The van der Waals surface area contributed by atoms with Gasteiger partial charge in [-0.15, -0.1) is 0 Å². The van der Waals surface area contributed by atoms with Crippen LogP contribution >= 0.6 is 0 Å². The van der Waals surface area contributed by atoms with Gasteiger partial charge in [0.1, 0.15) is 12.4 Å². The third kappa shape index (κ3) is 5.86. The zero-order valence-electron chi connectivity index (χ0n) is 14.4. The largest absolute Gasteiger partial charge is 0.467 e. The van der Waals surface area contributed by atoms with Crippen molar-refractivity contribution >= 4 is 0 Å². The molecule has 6 nitrogen and oxygen atoms in total. The average molecular weight is 338 g/mol. The summed E-state index contributed by atoms with van der Waals surface area (Å²) in [6, 6.07) is 3.72. The zero-order chi connectivity index (χ0) is 16.6. The van der Waals surface area contributed by atoms with E-state index in [-0.39, 0.29) is 0 Å². The molecule has 0 radical (unpaired) electrons. The van der Waals surface area contributed by atoms with Crippen molar-refractivity contribution in [2.75, 3.05) is 59.1 Å². The molecule has 3 rings (SSSR count). The quantitative estimate of drug-likeness (QED) is 0.769. The van der Waals surface area contributed by atoms with Gasteiger partial charge in [-0.05, 0) is 44.0 Å². The van der Waals surface area contributed by atoms with E-state index in [0.717, 1.165) is 51.1 Å². The van der Waals surface area contributed by atoms with Crippen molar-refractivity contribution in [3.63, 3.8) is 0 Å². The summed E-state index contributed by atoms with van der Waals surface area (Å²) in [4.78, 5) is 4.89. The van der Waals surface area contributed by atoms with Gasteiger partial charge in [0.05, 0.1) is 32.2 Å². The monoisotopic (exact) mass is 338 g/mol. The smallest absolute Gasteiger partial charge is 0.129 e. The molecule has 1 N–H and O–H groups in total. The van der Waals surface area contributed by atoms with Crippen LogP contribution in [0.1, 0.15) is 18.6 Å². The van der Waals surface area contributed by atoms with Gasteiger partial charge in [-0.3, -0.25) is 4.90 Å². The Labute approximate surface area is 144 Å². The maximum absolute atomic E-state index is 10.1. The number of β-amino-alcohol motifs (C(OH)–C–C–N with tert-alkyl or cyclic N) is 1. The molecule has 1 aromatic rings. The van der Waals surface area contributed by atoms with Gasteiger partial charge in [-0.25, -0.2) is 0 Å². The molecule has 2 aliphatic heterocycles. The second-order valence-electron chi connectivity index (χ2n) is 6.91. The minimum absolute atomic E-state index is 0.356. The summed E-state index contributed by atoms with van der Waals surface area (Å²) in [6.45, 7) is 8.73. The number of ether oxygens (including phenoxy) is 2. The van der Waals surface area contributed by atoms with E-state index in [2.05, 4.69) is 9.80 Å². The summed E-state index contributed by atoms with van der Waals surface area (Å²) in [7, 11) is 0. The summed E-state index contributed by atoms with van der Waals surface area (Å²) < 4.78 is 16.1. The fourth-order valence-electron chi connectivity index (χ4n) is 3.54.